The molecule has 0 spiro atoms. The first kappa shape index (κ1) is 16.0. The lowest BCUT2D eigenvalue weighted by Crippen LogP contribution is -2.09. The zero-order valence-electron chi connectivity index (χ0n) is 13.8. The van der Waals surface area contributed by atoms with Crippen LogP contribution in [0.4, 0.5) is 0 Å². The van der Waals surface area contributed by atoms with E-state index in [1.165, 1.54) is 11.3 Å². The van der Waals surface area contributed by atoms with Gasteiger partial charge in [0.25, 0.3) is 0 Å². The van der Waals surface area contributed by atoms with Crippen molar-refractivity contribution in [1.29, 1.82) is 0 Å². The van der Waals surface area contributed by atoms with Gasteiger partial charge in [0, 0.05) is 11.1 Å². The molecule has 4 rings (SSSR count). The topological polar surface area (TPSA) is 34.1 Å². The predicted octanol–water partition coefficient (Wildman–Crippen LogP) is 5.09. The van der Waals surface area contributed by atoms with E-state index < -0.39 is 0 Å². The molecule has 2 nitrogen and oxygen atoms in total. The number of benzene rings is 2. The summed E-state index contributed by atoms with van der Waals surface area (Å²) < 4.78 is 0. The number of thiophene rings is 1. The Morgan fingerprint density at radius 2 is 1.04 bits per heavy atom. The van der Waals surface area contributed by atoms with Crippen molar-refractivity contribution < 1.29 is 9.59 Å². The molecule has 0 atom stereocenters. The maximum Gasteiger partial charge on any atom is 0.203 e. The summed E-state index contributed by atoms with van der Waals surface area (Å²) >= 11 is 1.38. The second kappa shape index (κ2) is 6.77. The molecule has 0 fully saturated rings. The lowest BCUT2D eigenvalue weighted by Gasteiger charge is -2.13. The lowest BCUT2D eigenvalue weighted by molar-refractivity contribution is 0.103. The first-order chi connectivity index (χ1) is 12.3. The Balaban J connectivity index is 1.81. The van der Waals surface area contributed by atoms with Crippen molar-refractivity contribution in [2.24, 2.45) is 0 Å². The highest BCUT2D eigenvalue weighted by molar-refractivity contribution is 7.16. The zero-order chi connectivity index (χ0) is 17.2. The molecular weight excluding hydrogens is 328 g/mol. The summed E-state index contributed by atoms with van der Waals surface area (Å²) in [6, 6.07) is 18.7. The van der Waals surface area contributed by atoms with E-state index in [2.05, 4.69) is 0 Å². The Kier molecular flexibility index (Phi) is 4.33. The van der Waals surface area contributed by atoms with E-state index in [1.807, 2.05) is 60.7 Å². The van der Waals surface area contributed by atoms with Crippen LogP contribution >= 0.6 is 11.3 Å². The van der Waals surface area contributed by atoms with Gasteiger partial charge in [-0.3, -0.25) is 9.59 Å². The number of carbonyl (C=O) groups is 2. The minimum atomic E-state index is 0.0378. The summed E-state index contributed by atoms with van der Waals surface area (Å²) in [5.74, 6) is 0.0757. The van der Waals surface area contributed by atoms with Crippen LogP contribution in [0.5, 0.6) is 0 Å². The molecule has 0 N–H and O–H groups in total. The fourth-order valence-electron chi connectivity index (χ4n) is 3.44. The third-order valence-corrected chi connectivity index (χ3v) is 5.98. The third kappa shape index (κ3) is 2.96. The van der Waals surface area contributed by atoms with Crippen LogP contribution in [-0.2, 0) is 12.8 Å². The minimum absolute atomic E-state index is 0.0378. The van der Waals surface area contributed by atoms with Crippen LogP contribution in [0.1, 0.15) is 54.4 Å². The molecule has 1 aliphatic rings. The molecule has 0 amide bonds. The van der Waals surface area contributed by atoms with Crippen LogP contribution in [0.15, 0.2) is 60.7 Å². The average Bonchev–Trinajstić information content (AvgIpc) is 3.08. The third-order valence-electron chi connectivity index (χ3n) is 4.70. The van der Waals surface area contributed by atoms with Crippen LogP contribution < -0.4 is 0 Å². The van der Waals surface area contributed by atoms with Crippen molar-refractivity contribution in [1.82, 2.24) is 0 Å². The minimum Gasteiger partial charge on any atom is -0.288 e. The van der Waals surface area contributed by atoms with Crippen molar-refractivity contribution in [2.75, 3.05) is 0 Å². The summed E-state index contributed by atoms with van der Waals surface area (Å²) in [6.07, 6.45) is 3.94. The molecule has 1 aromatic heterocycles. The highest BCUT2D eigenvalue weighted by atomic mass is 32.1. The van der Waals surface area contributed by atoms with E-state index in [0.717, 1.165) is 46.6 Å². The molecule has 3 heteroatoms. The fourth-order valence-corrected chi connectivity index (χ4v) is 4.76. The molecule has 25 heavy (non-hydrogen) atoms. The summed E-state index contributed by atoms with van der Waals surface area (Å²) in [4.78, 5) is 27.5. The van der Waals surface area contributed by atoms with Gasteiger partial charge in [0.2, 0.25) is 11.6 Å². The van der Waals surface area contributed by atoms with Crippen molar-refractivity contribution in [3.05, 3.63) is 92.7 Å². The van der Waals surface area contributed by atoms with Crippen LogP contribution in [-0.4, -0.2) is 11.6 Å². The number of hydrogen-bond donors (Lipinski definition) is 0. The first-order valence-corrected chi connectivity index (χ1v) is 9.41. The maximum atomic E-state index is 13.0. The van der Waals surface area contributed by atoms with E-state index >= 15 is 0 Å². The number of carbonyl (C=O) groups excluding carboxylic acids is 2. The smallest absolute Gasteiger partial charge is 0.203 e. The fraction of sp³-hybridized carbons (Fsp3) is 0.182. The summed E-state index contributed by atoms with van der Waals surface area (Å²) in [6.45, 7) is 0. The second-order valence-electron chi connectivity index (χ2n) is 6.31. The number of ketones is 2. The van der Waals surface area contributed by atoms with Crippen LogP contribution in [0, 0.1) is 0 Å². The number of hydrogen-bond acceptors (Lipinski definition) is 3. The molecule has 1 aliphatic carbocycles. The van der Waals surface area contributed by atoms with E-state index in [0.29, 0.717) is 11.1 Å². The Bertz CT molecular complexity index is 847. The lowest BCUT2D eigenvalue weighted by atomic mass is 9.89. The number of rotatable bonds is 4. The molecule has 0 unspecified atom stereocenters. The van der Waals surface area contributed by atoms with E-state index in [9.17, 15) is 9.59 Å². The van der Waals surface area contributed by atoms with Gasteiger partial charge in [-0.05, 0) is 36.8 Å². The SMILES string of the molecule is O=C(c1ccccc1)c1sc(C(=O)c2ccccc2)c2c1CCCC2. The molecule has 124 valence electrons. The Hall–Kier alpha value is -2.52. The predicted molar refractivity (Wildman–Crippen MR) is 101 cm³/mol. The first-order valence-electron chi connectivity index (χ1n) is 8.59. The van der Waals surface area contributed by atoms with Crippen molar-refractivity contribution in [3.8, 4) is 0 Å². The average molecular weight is 346 g/mol. The molecule has 0 saturated heterocycles. The number of fused-ring (bicyclic) bond motifs is 1. The molecule has 1 heterocycles. The van der Waals surface area contributed by atoms with E-state index in [-0.39, 0.29) is 11.6 Å². The second-order valence-corrected chi connectivity index (χ2v) is 7.34. The van der Waals surface area contributed by atoms with Crippen molar-refractivity contribution in [3.63, 3.8) is 0 Å². The van der Waals surface area contributed by atoms with Gasteiger partial charge < -0.3 is 0 Å². The van der Waals surface area contributed by atoms with Gasteiger partial charge in [-0.25, -0.2) is 0 Å². The monoisotopic (exact) mass is 346 g/mol. The van der Waals surface area contributed by atoms with E-state index in [4.69, 9.17) is 0 Å². The molecule has 0 aliphatic heterocycles. The Morgan fingerprint density at radius 3 is 1.44 bits per heavy atom. The largest absolute Gasteiger partial charge is 0.288 e. The molecule has 0 bridgehead atoms. The maximum absolute atomic E-state index is 13.0. The van der Waals surface area contributed by atoms with Crippen LogP contribution in [0.2, 0.25) is 0 Å². The van der Waals surface area contributed by atoms with Gasteiger partial charge in [-0.2, -0.15) is 0 Å². The molecule has 3 aromatic rings. The van der Waals surface area contributed by atoms with Gasteiger partial charge in [0.05, 0.1) is 9.75 Å². The standard InChI is InChI=1S/C22H18O2S/c23-19(15-9-3-1-4-10-15)21-17-13-7-8-14-18(17)22(25-21)20(24)16-11-5-2-6-12-16/h1-6,9-12H,7-8,13-14H2. The summed E-state index contributed by atoms with van der Waals surface area (Å²) in [5, 5.41) is 0. The van der Waals surface area contributed by atoms with Crippen LogP contribution in [0.3, 0.4) is 0 Å². The normalized spacial score (nSPS) is 13.3. The molecular formula is C22H18O2S. The Labute approximate surface area is 151 Å². The van der Waals surface area contributed by atoms with Gasteiger partial charge in [0.15, 0.2) is 0 Å². The summed E-state index contributed by atoms with van der Waals surface area (Å²) in [5.41, 5.74) is 3.58. The van der Waals surface area contributed by atoms with Gasteiger partial charge in [-0.15, -0.1) is 11.3 Å². The summed E-state index contributed by atoms with van der Waals surface area (Å²) in [7, 11) is 0. The van der Waals surface area contributed by atoms with Crippen molar-refractivity contribution in [2.45, 2.75) is 25.7 Å². The van der Waals surface area contributed by atoms with Crippen molar-refractivity contribution >= 4 is 22.9 Å². The van der Waals surface area contributed by atoms with Crippen LogP contribution in [0.25, 0.3) is 0 Å². The molecule has 0 radical (unpaired) electrons. The molecule has 0 saturated carbocycles. The Morgan fingerprint density at radius 1 is 0.640 bits per heavy atom. The van der Waals surface area contributed by atoms with Gasteiger partial charge >= 0.3 is 0 Å². The highest BCUT2D eigenvalue weighted by Crippen LogP contribution is 2.37. The molecule has 2 aromatic carbocycles. The van der Waals surface area contributed by atoms with Gasteiger partial charge in [-0.1, -0.05) is 60.7 Å². The van der Waals surface area contributed by atoms with Gasteiger partial charge in [0.1, 0.15) is 0 Å². The quantitative estimate of drug-likeness (QED) is 0.617. The zero-order valence-corrected chi connectivity index (χ0v) is 14.6. The highest BCUT2D eigenvalue weighted by Gasteiger charge is 2.28. The van der Waals surface area contributed by atoms with E-state index in [1.54, 1.807) is 0 Å².